The summed E-state index contributed by atoms with van der Waals surface area (Å²) in [5, 5.41) is 15.6. The minimum absolute atomic E-state index is 0.0464. The molecular weight excluding hydrogens is 401 g/mol. The number of hydrogen-bond acceptors (Lipinski definition) is 5. The van der Waals surface area contributed by atoms with Gasteiger partial charge in [-0.2, -0.15) is 4.68 Å². The van der Waals surface area contributed by atoms with Crippen molar-refractivity contribution in [2.24, 2.45) is 0 Å². The Labute approximate surface area is 170 Å². The molecule has 1 amide bonds. The summed E-state index contributed by atoms with van der Waals surface area (Å²) >= 11 is 5.96. The Morgan fingerprint density at radius 3 is 2.55 bits per heavy atom. The lowest BCUT2D eigenvalue weighted by atomic mass is 10.0. The van der Waals surface area contributed by atoms with E-state index in [-0.39, 0.29) is 22.2 Å². The first-order chi connectivity index (χ1) is 13.7. The normalized spacial score (nSPS) is 13.2. The van der Waals surface area contributed by atoms with Crippen LogP contribution < -0.4 is 10.9 Å². The number of halogens is 2. The van der Waals surface area contributed by atoms with Crippen molar-refractivity contribution >= 4 is 17.5 Å². The zero-order chi connectivity index (χ0) is 21.3. The Morgan fingerprint density at radius 2 is 1.93 bits per heavy atom. The molecule has 3 aromatic rings. The van der Waals surface area contributed by atoms with Crippen LogP contribution in [-0.4, -0.2) is 36.8 Å². The summed E-state index contributed by atoms with van der Waals surface area (Å²) in [5.41, 5.74) is 0.635. The molecule has 3 rings (SSSR count). The van der Waals surface area contributed by atoms with Crippen LogP contribution in [0, 0.1) is 19.7 Å². The maximum absolute atomic E-state index is 14.0. The molecule has 10 heteroatoms. The van der Waals surface area contributed by atoms with Crippen LogP contribution in [0.25, 0.3) is 5.95 Å². The van der Waals surface area contributed by atoms with Gasteiger partial charge in [0.15, 0.2) is 0 Å². The fraction of sp³-hybridized carbons (Fsp3) is 0.263. The van der Waals surface area contributed by atoms with Crippen LogP contribution in [0.5, 0.6) is 0 Å². The topological polar surface area (TPSA) is 113 Å². The fourth-order valence-corrected chi connectivity index (χ4v) is 3.15. The number of carbonyl (C=O) groups is 1. The van der Waals surface area contributed by atoms with Crippen LogP contribution in [0.2, 0.25) is 5.02 Å². The van der Waals surface area contributed by atoms with E-state index in [1.165, 1.54) is 25.1 Å². The van der Waals surface area contributed by atoms with Gasteiger partial charge in [-0.1, -0.05) is 17.7 Å². The second-order valence-electron chi connectivity index (χ2n) is 6.64. The summed E-state index contributed by atoms with van der Waals surface area (Å²) in [6, 6.07) is 5.98. The van der Waals surface area contributed by atoms with Gasteiger partial charge in [0.1, 0.15) is 17.6 Å². The third kappa shape index (κ3) is 4.36. The Balaban J connectivity index is 1.82. The SMILES string of the molecule is Cc1cc(C)nc(-n2[nH]c(C(=O)NC(C)C(O)c3c(F)cccc3Cl)cc2=O)n1. The highest BCUT2D eigenvalue weighted by Crippen LogP contribution is 2.27. The van der Waals surface area contributed by atoms with Crippen LogP contribution >= 0.6 is 11.6 Å². The van der Waals surface area contributed by atoms with E-state index in [9.17, 15) is 19.1 Å². The summed E-state index contributed by atoms with van der Waals surface area (Å²) in [4.78, 5) is 33.1. The number of carbonyl (C=O) groups excluding carboxylic acids is 1. The Hall–Kier alpha value is -3.04. The average molecular weight is 420 g/mol. The van der Waals surface area contributed by atoms with Gasteiger partial charge in [-0.3, -0.25) is 14.7 Å². The van der Waals surface area contributed by atoms with E-state index in [0.29, 0.717) is 11.4 Å². The van der Waals surface area contributed by atoms with Crippen molar-refractivity contribution in [1.82, 2.24) is 25.1 Å². The summed E-state index contributed by atoms with van der Waals surface area (Å²) in [6.07, 6.45) is -1.38. The first-order valence-corrected chi connectivity index (χ1v) is 9.12. The molecule has 3 N–H and O–H groups in total. The number of H-pyrrole nitrogens is 1. The number of hydrogen-bond donors (Lipinski definition) is 3. The van der Waals surface area contributed by atoms with E-state index in [1.807, 2.05) is 0 Å². The van der Waals surface area contributed by atoms with Gasteiger partial charge in [-0.25, -0.2) is 14.4 Å². The molecular formula is C19H19ClFN5O3. The minimum Gasteiger partial charge on any atom is -0.386 e. The molecule has 0 spiro atoms. The molecule has 0 aliphatic carbocycles. The second kappa shape index (κ2) is 8.14. The van der Waals surface area contributed by atoms with Gasteiger partial charge < -0.3 is 10.4 Å². The molecule has 0 bridgehead atoms. The van der Waals surface area contributed by atoms with Crippen LogP contribution in [0.4, 0.5) is 4.39 Å². The highest BCUT2D eigenvalue weighted by Gasteiger charge is 2.25. The largest absolute Gasteiger partial charge is 0.386 e. The van der Waals surface area contributed by atoms with Crippen molar-refractivity contribution in [2.75, 3.05) is 0 Å². The maximum atomic E-state index is 14.0. The molecule has 0 radical (unpaired) electrons. The first kappa shape index (κ1) is 20.7. The lowest BCUT2D eigenvalue weighted by Crippen LogP contribution is -2.37. The molecule has 0 aliphatic rings. The second-order valence-corrected chi connectivity index (χ2v) is 7.04. The van der Waals surface area contributed by atoms with Crippen molar-refractivity contribution in [3.05, 3.63) is 74.2 Å². The molecule has 8 nitrogen and oxygen atoms in total. The number of nitrogens with one attached hydrogen (secondary N) is 2. The number of aliphatic hydroxyl groups is 1. The molecule has 0 fully saturated rings. The van der Waals surface area contributed by atoms with Gasteiger partial charge in [0.25, 0.3) is 17.4 Å². The number of aromatic amines is 1. The summed E-state index contributed by atoms with van der Waals surface area (Å²) in [7, 11) is 0. The van der Waals surface area contributed by atoms with E-state index in [2.05, 4.69) is 20.4 Å². The number of rotatable bonds is 5. The van der Waals surface area contributed by atoms with Crippen LogP contribution in [0.1, 0.15) is 40.5 Å². The molecule has 29 heavy (non-hydrogen) atoms. The molecule has 2 heterocycles. The average Bonchev–Trinajstić information content (AvgIpc) is 3.02. The Bertz CT molecular complexity index is 1090. The smallest absolute Gasteiger partial charge is 0.274 e. The molecule has 0 aliphatic heterocycles. The third-order valence-electron chi connectivity index (χ3n) is 4.26. The van der Waals surface area contributed by atoms with Crippen molar-refractivity contribution < 1.29 is 14.3 Å². The lowest BCUT2D eigenvalue weighted by Gasteiger charge is -2.21. The summed E-state index contributed by atoms with van der Waals surface area (Å²) < 4.78 is 15.1. The zero-order valence-electron chi connectivity index (χ0n) is 15.9. The summed E-state index contributed by atoms with van der Waals surface area (Å²) in [6.45, 7) is 5.01. The van der Waals surface area contributed by atoms with Crippen molar-refractivity contribution in [2.45, 2.75) is 32.9 Å². The van der Waals surface area contributed by atoms with Gasteiger partial charge in [0, 0.05) is 28.0 Å². The van der Waals surface area contributed by atoms with Crippen molar-refractivity contribution in [1.29, 1.82) is 0 Å². The molecule has 0 saturated carbocycles. The maximum Gasteiger partial charge on any atom is 0.274 e. The van der Waals surface area contributed by atoms with E-state index in [1.54, 1.807) is 19.9 Å². The van der Waals surface area contributed by atoms with Gasteiger partial charge in [0.2, 0.25) is 0 Å². The van der Waals surface area contributed by atoms with E-state index in [0.717, 1.165) is 10.7 Å². The number of aryl methyl sites for hydroxylation is 2. The van der Waals surface area contributed by atoms with Crippen molar-refractivity contribution in [3.8, 4) is 5.95 Å². The monoisotopic (exact) mass is 419 g/mol. The van der Waals surface area contributed by atoms with Crippen molar-refractivity contribution in [3.63, 3.8) is 0 Å². The number of aromatic nitrogens is 4. The molecule has 2 atom stereocenters. The fourth-order valence-electron chi connectivity index (χ4n) is 2.87. The molecule has 0 saturated heterocycles. The standard InChI is InChI=1S/C19H19ClFN5O3/c1-9-7-10(2)23-19(22-9)26-15(27)8-14(25-26)18(29)24-11(3)17(28)16-12(20)5-4-6-13(16)21/h4-8,11,17,25,28H,1-3H3,(H,24,29). The van der Waals surface area contributed by atoms with Gasteiger partial charge in [-0.05, 0) is 39.0 Å². The van der Waals surface area contributed by atoms with Crippen LogP contribution in [0.3, 0.4) is 0 Å². The predicted molar refractivity (Wildman–Crippen MR) is 105 cm³/mol. The van der Waals surface area contributed by atoms with E-state index < -0.39 is 29.4 Å². The van der Waals surface area contributed by atoms with Crippen LogP contribution in [-0.2, 0) is 0 Å². The minimum atomic E-state index is -1.38. The lowest BCUT2D eigenvalue weighted by molar-refractivity contribution is 0.0841. The zero-order valence-corrected chi connectivity index (χ0v) is 16.7. The third-order valence-corrected chi connectivity index (χ3v) is 4.59. The predicted octanol–water partition coefficient (Wildman–Crippen LogP) is 2.22. The molecule has 152 valence electrons. The number of amides is 1. The van der Waals surface area contributed by atoms with Crippen LogP contribution in [0.15, 0.2) is 35.1 Å². The number of benzene rings is 1. The highest BCUT2D eigenvalue weighted by atomic mass is 35.5. The van der Waals surface area contributed by atoms with Gasteiger partial charge in [-0.15, -0.1) is 0 Å². The number of nitrogens with zero attached hydrogens (tertiary/aromatic N) is 3. The highest BCUT2D eigenvalue weighted by molar-refractivity contribution is 6.31. The molecule has 2 aromatic heterocycles. The first-order valence-electron chi connectivity index (χ1n) is 8.75. The Morgan fingerprint density at radius 1 is 1.28 bits per heavy atom. The van der Waals surface area contributed by atoms with Gasteiger partial charge >= 0.3 is 0 Å². The quantitative estimate of drug-likeness (QED) is 0.587. The molecule has 2 unspecified atom stereocenters. The number of aliphatic hydroxyl groups excluding tert-OH is 1. The Kier molecular flexibility index (Phi) is 5.81. The van der Waals surface area contributed by atoms with Gasteiger partial charge in [0.05, 0.1) is 6.04 Å². The summed E-state index contributed by atoms with van der Waals surface area (Å²) in [5.74, 6) is -1.24. The van der Waals surface area contributed by atoms with E-state index >= 15 is 0 Å². The van der Waals surface area contributed by atoms with E-state index in [4.69, 9.17) is 11.6 Å². The molecule has 1 aromatic carbocycles.